The van der Waals surface area contributed by atoms with Crippen molar-refractivity contribution in [2.75, 3.05) is 13.6 Å². The first kappa shape index (κ1) is 11.8. The summed E-state index contributed by atoms with van der Waals surface area (Å²) in [6.45, 7) is 0.529. The molecule has 1 aromatic rings. The molecule has 0 saturated carbocycles. The van der Waals surface area contributed by atoms with Crippen molar-refractivity contribution in [3.8, 4) is 0 Å². The van der Waals surface area contributed by atoms with Gasteiger partial charge in [0.15, 0.2) is 0 Å². The number of hydrogen-bond acceptors (Lipinski definition) is 2. The highest BCUT2D eigenvalue weighted by atomic mass is 35.5. The van der Waals surface area contributed by atoms with Gasteiger partial charge in [-0.1, -0.05) is 29.3 Å². The predicted octanol–water partition coefficient (Wildman–Crippen LogP) is 2.12. The molecule has 0 heterocycles. The molecule has 0 radical (unpaired) electrons. The van der Waals surface area contributed by atoms with Gasteiger partial charge >= 0.3 is 0 Å². The Morgan fingerprint density at radius 1 is 1.36 bits per heavy atom. The molecule has 4 heteroatoms. The van der Waals surface area contributed by atoms with E-state index in [-0.39, 0.29) is 0 Å². The lowest BCUT2D eigenvalue weighted by Crippen LogP contribution is -2.25. The maximum absolute atomic E-state index is 9.57. The number of likely N-dealkylation sites (N-methyl/N-ethyl adjacent to an activating group) is 1. The minimum atomic E-state index is -0.461. The second-order valence-electron chi connectivity index (χ2n) is 3.12. The van der Waals surface area contributed by atoms with Crippen LogP contribution in [0.3, 0.4) is 0 Å². The zero-order valence-corrected chi connectivity index (χ0v) is 9.44. The molecule has 1 atom stereocenters. The van der Waals surface area contributed by atoms with Gasteiger partial charge in [-0.25, -0.2) is 0 Å². The molecule has 14 heavy (non-hydrogen) atoms. The van der Waals surface area contributed by atoms with Crippen LogP contribution in [0.4, 0.5) is 0 Å². The van der Waals surface area contributed by atoms with Gasteiger partial charge in [-0.2, -0.15) is 0 Å². The first-order chi connectivity index (χ1) is 6.65. The highest BCUT2D eigenvalue weighted by molar-refractivity contribution is 6.35. The Morgan fingerprint density at radius 2 is 1.93 bits per heavy atom. The summed E-state index contributed by atoms with van der Waals surface area (Å²) in [5, 5.41) is 13.7. The van der Waals surface area contributed by atoms with Crippen LogP contribution in [0.2, 0.25) is 10.0 Å². The van der Waals surface area contributed by atoms with Crippen LogP contribution in [0.5, 0.6) is 0 Å². The van der Waals surface area contributed by atoms with E-state index in [1.807, 2.05) is 0 Å². The number of aliphatic hydroxyl groups excluding tert-OH is 1. The summed E-state index contributed by atoms with van der Waals surface area (Å²) in [6, 6.07) is 5.34. The van der Waals surface area contributed by atoms with Crippen LogP contribution in [0.15, 0.2) is 18.2 Å². The normalized spacial score (nSPS) is 12.9. The second kappa shape index (κ2) is 5.56. The van der Waals surface area contributed by atoms with Crippen LogP contribution in [0.25, 0.3) is 0 Å². The van der Waals surface area contributed by atoms with E-state index in [4.69, 9.17) is 23.2 Å². The SMILES string of the molecule is CNCC(O)Cc1c(Cl)cccc1Cl. The lowest BCUT2D eigenvalue weighted by molar-refractivity contribution is 0.175. The zero-order valence-electron chi connectivity index (χ0n) is 7.93. The van der Waals surface area contributed by atoms with E-state index in [1.165, 1.54) is 0 Å². The summed E-state index contributed by atoms with van der Waals surface area (Å²) in [5.74, 6) is 0. The molecule has 0 fully saturated rings. The number of rotatable bonds is 4. The Morgan fingerprint density at radius 3 is 2.43 bits per heavy atom. The quantitative estimate of drug-likeness (QED) is 0.836. The Hall–Kier alpha value is -0.280. The molecule has 0 aliphatic heterocycles. The fraction of sp³-hybridized carbons (Fsp3) is 0.400. The summed E-state index contributed by atoms with van der Waals surface area (Å²) in [7, 11) is 1.79. The van der Waals surface area contributed by atoms with Gasteiger partial charge in [0.25, 0.3) is 0 Å². The van der Waals surface area contributed by atoms with Gasteiger partial charge in [-0.05, 0) is 24.7 Å². The fourth-order valence-corrected chi connectivity index (χ4v) is 1.82. The maximum Gasteiger partial charge on any atom is 0.0705 e. The Kier molecular flexibility index (Phi) is 4.69. The number of aliphatic hydroxyl groups is 1. The summed E-state index contributed by atoms with van der Waals surface area (Å²) in [5.41, 5.74) is 0.804. The molecule has 0 bridgehead atoms. The molecule has 2 N–H and O–H groups in total. The van der Waals surface area contributed by atoms with Crippen molar-refractivity contribution in [2.45, 2.75) is 12.5 Å². The van der Waals surface area contributed by atoms with E-state index in [2.05, 4.69) is 5.32 Å². The molecule has 1 unspecified atom stereocenters. The molecule has 0 aliphatic rings. The molecule has 2 nitrogen and oxygen atoms in total. The van der Waals surface area contributed by atoms with Crippen LogP contribution in [0.1, 0.15) is 5.56 Å². The Balaban J connectivity index is 2.75. The van der Waals surface area contributed by atoms with E-state index < -0.39 is 6.10 Å². The zero-order chi connectivity index (χ0) is 10.6. The standard InChI is InChI=1S/C10H13Cl2NO/c1-13-6-7(14)5-8-9(11)3-2-4-10(8)12/h2-4,7,13-14H,5-6H2,1H3. The van der Waals surface area contributed by atoms with Crippen molar-refractivity contribution >= 4 is 23.2 Å². The number of hydrogen-bond donors (Lipinski definition) is 2. The van der Waals surface area contributed by atoms with Crippen LogP contribution < -0.4 is 5.32 Å². The van der Waals surface area contributed by atoms with Crippen molar-refractivity contribution in [3.05, 3.63) is 33.8 Å². The maximum atomic E-state index is 9.57. The number of nitrogens with one attached hydrogen (secondary N) is 1. The lowest BCUT2D eigenvalue weighted by atomic mass is 10.1. The topological polar surface area (TPSA) is 32.3 Å². The van der Waals surface area contributed by atoms with Gasteiger partial charge in [0.05, 0.1) is 6.10 Å². The lowest BCUT2D eigenvalue weighted by Gasteiger charge is -2.12. The summed E-state index contributed by atoms with van der Waals surface area (Å²) in [4.78, 5) is 0. The average Bonchev–Trinajstić information content (AvgIpc) is 2.12. The summed E-state index contributed by atoms with van der Waals surface area (Å²) < 4.78 is 0. The van der Waals surface area contributed by atoms with E-state index >= 15 is 0 Å². The van der Waals surface area contributed by atoms with E-state index in [0.717, 1.165) is 5.56 Å². The van der Waals surface area contributed by atoms with Crippen LogP contribution in [-0.4, -0.2) is 24.8 Å². The van der Waals surface area contributed by atoms with E-state index in [9.17, 15) is 5.11 Å². The minimum Gasteiger partial charge on any atom is -0.391 e. The molecular formula is C10H13Cl2NO. The van der Waals surface area contributed by atoms with Gasteiger partial charge in [-0.15, -0.1) is 0 Å². The fourth-order valence-electron chi connectivity index (χ4n) is 1.27. The third-order valence-corrected chi connectivity index (χ3v) is 2.65. The Labute approximate surface area is 93.8 Å². The Bertz CT molecular complexity index is 284. The van der Waals surface area contributed by atoms with Crippen LogP contribution in [-0.2, 0) is 6.42 Å². The second-order valence-corrected chi connectivity index (χ2v) is 3.93. The summed E-state index contributed by atoms with van der Waals surface area (Å²) in [6.07, 6.45) is 0.0108. The molecule has 1 rings (SSSR count). The average molecular weight is 234 g/mol. The van der Waals surface area contributed by atoms with Gasteiger partial charge in [0, 0.05) is 23.0 Å². The number of halogens is 2. The largest absolute Gasteiger partial charge is 0.391 e. The first-order valence-electron chi connectivity index (χ1n) is 4.40. The monoisotopic (exact) mass is 233 g/mol. The van der Waals surface area contributed by atoms with Gasteiger partial charge in [0.2, 0.25) is 0 Å². The van der Waals surface area contributed by atoms with Crippen molar-refractivity contribution in [2.24, 2.45) is 0 Å². The van der Waals surface area contributed by atoms with Crippen molar-refractivity contribution < 1.29 is 5.11 Å². The van der Waals surface area contributed by atoms with Crippen molar-refractivity contribution in [1.82, 2.24) is 5.32 Å². The molecule has 0 aliphatic carbocycles. The molecule has 1 aromatic carbocycles. The molecular weight excluding hydrogens is 221 g/mol. The highest BCUT2D eigenvalue weighted by Gasteiger charge is 2.10. The molecule has 78 valence electrons. The van der Waals surface area contributed by atoms with Crippen molar-refractivity contribution in [1.29, 1.82) is 0 Å². The van der Waals surface area contributed by atoms with Gasteiger partial charge in [-0.3, -0.25) is 0 Å². The third-order valence-electron chi connectivity index (χ3n) is 1.94. The van der Waals surface area contributed by atoms with Crippen LogP contribution in [0, 0.1) is 0 Å². The smallest absolute Gasteiger partial charge is 0.0705 e. The minimum absolute atomic E-state index is 0.461. The molecule has 0 spiro atoms. The highest BCUT2D eigenvalue weighted by Crippen LogP contribution is 2.25. The molecule has 0 saturated heterocycles. The van der Waals surface area contributed by atoms with Gasteiger partial charge in [0.1, 0.15) is 0 Å². The van der Waals surface area contributed by atoms with E-state index in [0.29, 0.717) is 23.0 Å². The third kappa shape index (κ3) is 3.14. The van der Waals surface area contributed by atoms with Crippen molar-refractivity contribution in [3.63, 3.8) is 0 Å². The summed E-state index contributed by atoms with van der Waals surface area (Å²) >= 11 is 11.9. The number of benzene rings is 1. The van der Waals surface area contributed by atoms with E-state index in [1.54, 1.807) is 25.2 Å². The predicted molar refractivity (Wildman–Crippen MR) is 60.1 cm³/mol. The molecule has 0 aromatic heterocycles. The molecule has 0 amide bonds. The first-order valence-corrected chi connectivity index (χ1v) is 5.16. The van der Waals surface area contributed by atoms with Gasteiger partial charge < -0.3 is 10.4 Å². The van der Waals surface area contributed by atoms with Crippen LogP contribution >= 0.6 is 23.2 Å².